The van der Waals surface area contributed by atoms with Crippen molar-refractivity contribution in [2.24, 2.45) is 0 Å². The first-order valence-corrected chi connectivity index (χ1v) is 11.1. The third-order valence-corrected chi connectivity index (χ3v) is 8.33. The monoisotopic (exact) mass is 520 g/mol. The van der Waals surface area contributed by atoms with Gasteiger partial charge in [0.25, 0.3) is 0 Å². The van der Waals surface area contributed by atoms with Crippen LogP contribution in [-0.4, -0.2) is 41.6 Å². The molecule has 0 aliphatic rings. The zero-order valence-corrected chi connectivity index (χ0v) is 17.1. The predicted molar refractivity (Wildman–Crippen MR) is 93.4 cm³/mol. The van der Waals surface area contributed by atoms with Crippen molar-refractivity contribution in [2.45, 2.75) is 18.8 Å². The Labute approximate surface area is 164 Å². The number of rotatable bonds is 6. The first-order chi connectivity index (χ1) is 12.6. The van der Waals surface area contributed by atoms with Crippen molar-refractivity contribution in [3.8, 4) is 0 Å². The summed E-state index contributed by atoms with van der Waals surface area (Å²) in [6.45, 7) is -0.0999. The Bertz CT molecular complexity index is 764. The molecule has 0 saturated heterocycles. The summed E-state index contributed by atoms with van der Waals surface area (Å²) in [6.07, 6.45) is -8.39. The van der Waals surface area contributed by atoms with Crippen LogP contribution in [-0.2, 0) is 12.4 Å². The van der Waals surface area contributed by atoms with Gasteiger partial charge in [0.1, 0.15) is 0 Å². The average Bonchev–Trinajstić information content (AvgIpc) is 2.59. The van der Waals surface area contributed by atoms with Crippen LogP contribution in [0.5, 0.6) is 0 Å². The van der Waals surface area contributed by atoms with Gasteiger partial charge in [-0.3, -0.25) is 0 Å². The molecule has 0 amide bonds. The van der Waals surface area contributed by atoms with Crippen LogP contribution in [0.1, 0.15) is 17.5 Å². The van der Waals surface area contributed by atoms with Crippen molar-refractivity contribution in [1.29, 1.82) is 0 Å². The van der Waals surface area contributed by atoms with Crippen molar-refractivity contribution < 1.29 is 31.4 Å². The molecule has 0 fully saturated rings. The molecule has 9 heteroatoms. The van der Waals surface area contributed by atoms with E-state index in [0.29, 0.717) is 6.42 Å². The van der Waals surface area contributed by atoms with Gasteiger partial charge in [0.2, 0.25) is 0 Å². The van der Waals surface area contributed by atoms with Gasteiger partial charge in [-0.15, -0.1) is 0 Å². The van der Waals surface area contributed by atoms with Crippen LogP contribution in [0.2, 0.25) is 0 Å². The minimum absolute atomic E-state index is 0.0999. The van der Waals surface area contributed by atoms with Crippen LogP contribution >= 0.6 is 0 Å². The summed E-state index contributed by atoms with van der Waals surface area (Å²) in [5, 5.41) is 9.19. The van der Waals surface area contributed by atoms with E-state index in [0.717, 1.165) is 37.7 Å². The fourth-order valence-electron chi connectivity index (χ4n) is 1.96. The van der Waals surface area contributed by atoms with Crippen LogP contribution in [0.15, 0.2) is 58.0 Å². The van der Waals surface area contributed by atoms with Gasteiger partial charge in [0, 0.05) is 0 Å². The SMILES string of the molecule is OCC/C(=C/[Se]c1ccc(C(F)(F)F)cc1)[Se]c1ccc(C(F)(F)F)cc1. The number of hydrogen-bond acceptors (Lipinski definition) is 1. The minimum atomic E-state index is -4.39. The predicted octanol–water partition coefficient (Wildman–Crippen LogP) is 3.31. The van der Waals surface area contributed by atoms with Crippen LogP contribution < -0.4 is 8.92 Å². The third-order valence-electron chi connectivity index (χ3n) is 3.30. The molecule has 2 aromatic rings. The molecule has 0 spiro atoms. The van der Waals surface area contributed by atoms with Gasteiger partial charge < -0.3 is 0 Å². The van der Waals surface area contributed by atoms with E-state index in [4.69, 9.17) is 0 Å². The number of benzene rings is 2. The van der Waals surface area contributed by atoms with Crippen LogP contribution in [0.3, 0.4) is 0 Å². The van der Waals surface area contributed by atoms with Crippen LogP contribution in [0, 0.1) is 0 Å². The maximum absolute atomic E-state index is 12.6. The topological polar surface area (TPSA) is 20.2 Å². The zero-order chi connectivity index (χ0) is 20.1. The molecule has 0 bridgehead atoms. The molecular weight excluding hydrogens is 504 g/mol. The van der Waals surface area contributed by atoms with Gasteiger partial charge in [0.05, 0.1) is 0 Å². The van der Waals surface area contributed by atoms with E-state index in [-0.39, 0.29) is 36.5 Å². The van der Waals surface area contributed by atoms with Gasteiger partial charge in [-0.2, -0.15) is 0 Å². The van der Waals surface area contributed by atoms with E-state index < -0.39 is 23.5 Å². The molecule has 0 atom stereocenters. The van der Waals surface area contributed by atoms with E-state index in [9.17, 15) is 31.4 Å². The van der Waals surface area contributed by atoms with Gasteiger partial charge in [-0.1, -0.05) is 0 Å². The third kappa shape index (κ3) is 7.01. The molecular formula is C18H14F6OSe2. The standard InChI is InChI=1S/C18H14F6OSe2/c19-17(20,21)12-1-5-14(6-2-12)26-11-16(9-10-25)27-15-7-3-13(4-8-15)18(22,23)24/h1-8,11,25H,9-10H2/b16-11-. The maximum atomic E-state index is 12.6. The van der Waals surface area contributed by atoms with Crippen molar-refractivity contribution >= 4 is 38.8 Å². The Kier molecular flexibility index (Phi) is 7.60. The van der Waals surface area contributed by atoms with Crippen molar-refractivity contribution in [3.63, 3.8) is 0 Å². The Hall–Kier alpha value is -1.24. The Morgan fingerprint density at radius 3 is 1.63 bits per heavy atom. The van der Waals surface area contributed by atoms with Gasteiger partial charge >= 0.3 is 165 Å². The molecule has 146 valence electrons. The first-order valence-electron chi connectivity index (χ1n) is 7.58. The molecule has 2 aromatic carbocycles. The number of aliphatic hydroxyl groups is 1. The zero-order valence-electron chi connectivity index (χ0n) is 13.6. The molecule has 0 aliphatic heterocycles. The number of halogens is 6. The Morgan fingerprint density at radius 2 is 1.22 bits per heavy atom. The van der Waals surface area contributed by atoms with Crippen molar-refractivity contribution in [3.05, 3.63) is 69.1 Å². The van der Waals surface area contributed by atoms with Gasteiger partial charge in [-0.05, 0) is 0 Å². The van der Waals surface area contributed by atoms with Gasteiger partial charge in [0.15, 0.2) is 0 Å². The number of aliphatic hydroxyl groups excluding tert-OH is 1. The fourth-order valence-corrected chi connectivity index (χ4v) is 6.15. The van der Waals surface area contributed by atoms with Crippen LogP contribution in [0.25, 0.3) is 0 Å². The van der Waals surface area contributed by atoms with Crippen LogP contribution in [0.4, 0.5) is 26.3 Å². The van der Waals surface area contributed by atoms with E-state index in [1.54, 1.807) is 0 Å². The molecule has 1 nitrogen and oxygen atoms in total. The summed E-state index contributed by atoms with van der Waals surface area (Å²) in [7, 11) is 0. The summed E-state index contributed by atoms with van der Waals surface area (Å²) < 4.78 is 77.9. The second kappa shape index (κ2) is 9.30. The molecule has 0 aromatic heterocycles. The van der Waals surface area contributed by atoms with E-state index in [2.05, 4.69) is 0 Å². The number of alkyl halides is 6. The fraction of sp³-hybridized carbons (Fsp3) is 0.222. The molecule has 0 heterocycles. The molecule has 2 rings (SSSR count). The summed E-state index contributed by atoms with van der Waals surface area (Å²) in [4.78, 5) is 1.88. The molecule has 1 N–H and O–H groups in total. The van der Waals surface area contributed by atoms with E-state index in [1.165, 1.54) is 24.3 Å². The molecule has 0 aliphatic carbocycles. The average molecular weight is 518 g/mol. The summed E-state index contributed by atoms with van der Waals surface area (Å²) in [5.74, 6) is 0. The van der Waals surface area contributed by atoms with Crippen molar-refractivity contribution in [2.75, 3.05) is 6.61 Å². The summed E-state index contributed by atoms with van der Waals surface area (Å²) in [6, 6.07) is 9.76. The normalized spacial score (nSPS) is 13.1. The van der Waals surface area contributed by atoms with Crippen molar-refractivity contribution in [1.82, 2.24) is 0 Å². The van der Waals surface area contributed by atoms with E-state index in [1.807, 2.05) is 4.97 Å². The molecule has 0 unspecified atom stereocenters. The van der Waals surface area contributed by atoms with Gasteiger partial charge in [-0.25, -0.2) is 0 Å². The summed E-state index contributed by atoms with van der Waals surface area (Å²) >= 11 is -0.497. The Morgan fingerprint density at radius 1 is 0.778 bits per heavy atom. The quantitative estimate of drug-likeness (QED) is 0.460. The second-order valence-corrected chi connectivity index (χ2v) is 9.82. The second-order valence-electron chi connectivity index (χ2n) is 5.32. The van der Waals surface area contributed by atoms with E-state index >= 15 is 0 Å². The summed E-state index contributed by atoms with van der Waals surface area (Å²) in [5.41, 5.74) is -1.43. The molecule has 27 heavy (non-hydrogen) atoms. The number of hydrogen-bond donors (Lipinski definition) is 1. The Balaban J connectivity index is 2.08. The molecule has 0 saturated carbocycles. The molecule has 0 radical (unpaired) electrons. The first kappa shape index (κ1) is 22.1.